The zero-order valence-electron chi connectivity index (χ0n) is 12.1. The molecule has 0 spiro atoms. The third-order valence-corrected chi connectivity index (χ3v) is 3.36. The average molecular weight is 289 g/mol. The van der Waals surface area contributed by atoms with Crippen LogP contribution in [0.3, 0.4) is 0 Å². The van der Waals surface area contributed by atoms with Crippen molar-refractivity contribution in [1.82, 2.24) is 14.9 Å². The maximum absolute atomic E-state index is 11.9. The molecule has 21 heavy (non-hydrogen) atoms. The highest BCUT2D eigenvalue weighted by Gasteiger charge is 2.23. The lowest BCUT2D eigenvalue weighted by molar-refractivity contribution is -0.143. The van der Waals surface area contributed by atoms with E-state index in [-0.39, 0.29) is 18.2 Å². The van der Waals surface area contributed by atoms with Gasteiger partial charge in [0.2, 0.25) is 5.91 Å². The van der Waals surface area contributed by atoms with Gasteiger partial charge in [-0.05, 0) is 18.1 Å². The van der Waals surface area contributed by atoms with Crippen LogP contribution in [0.4, 0.5) is 0 Å². The number of nitrogens with zero attached hydrogens (tertiary/aromatic N) is 2. The molecule has 112 valence electrons. The SMILES string of the molecule is CC(C)C(NC(=O)CCn1cnc2ccccc21)C(=O)O. The smallest absolute Gasteiger partial charge is 0.326 e. The topological polar surface area (TPSA) is 84.2 Å². The third-order valence-electron chi connectivity index (χ3n) is 3.36. The van der Waals surface area contributed by atoms with Crippen LogP contribution in [0.15, 0.2) is 30.6 Å². The lowest BCUT2D eigenvalue weighted by Crippen LogP contribution is -2.44. The van der Waals surface area contributed by atoms with E-state index in [2.05, 4.69) is 10.3 Å². The first-order chi connectivity index (χ1) is 9.99. The Morgan fingerprint density at radius 3 is 2.71 bits per heavy atom. The highest BCUT2D eigenvalue weighted by Crippen LogP contribution is 2.12. The molecule has 0 aliphatic carbocycles. The number of nitrogens with one attached hydrogen (secondary N) is 1. The molecule has 1 aromatic carbocycles. The normalized spacial score (nSPS) is 12.5. The van der Waals surface area contributed by atoms with Gasteiger partial charge in [-0.25, -0.2) is 9.78 Å². The van der Waals surface area contributed by atoms with Gasteiger partial charge in [0.15, 0.2) is 0 Å². The molecule has 2 N–H and O–H groups in total. The number of aryl methyl sites for hydroxylation is 1. The van der Waals surface area contributed by atoms with Crippen LogP contribution in [0, 0.1) is 5.92 Å². The molecule has 0 radical (unpaired) electrons. The van der Waals surface area contributed by atoms with Crippen LogP contribution in [-0.2, 0) is 16.1 Å². The summed E-state index contributed by atoms with van der Waals surface area (Å²) in [6.45, 7) is 4.00. The molecule has 2 rings (SSSR count). The summed E-state index contributed by atoms with van der Waals surface area (Å²) in [5, 5.41) is 11.6. The van der Waals surface area contributed by atoms with E-state index in [1.807, 2.05) is 28.8 Å². The Balaban J connectivity index is 1.96. The number of rotatable bonds is 6. The number of hydrogen-bond acceptors (Lipinski definition) is 3. The molecule has 0 fully saturated rings. The molecule has 6 heteroatoms. The fraction of sp³-hybridized carbons (Fsp3) is 0.400. The molecule has 0 aliphatic rings. The second-order valence-electron chi connectivity index (χ2n) is 5.30. The summed E-state index contributed by atoms with van der Waals surface area (Å²) in [7, 11) is 0. The maximum Gasteiger partial charge on any atom is 0.326 e. The van der Waals surface area contributed by atoms with Crippen molar-refractivity contribution in [1.29, 1.82) is 0 Å². The molecule has 0 aliphatic heterocycles. The molecule has 1 heterocycles. The number of amides is 1. The highest BCUT2D eigenvalue weighted by molar-refractivity contribution is 5.83. The van der Waals surface area contributed by atoms with Crippen LogP contribution in [0.25, 0.3) is 11.0 Å². The van der Waals surface area contributed by atoms with Gasteiger partial charge in [-0.2, -0.15) is 0 Å². The molecule has 6 nitrogen and oxygen atoms in total. The standard InChI is InChI=1S/C15H19N3O3/c1-10(2)14(15(20)21)17-13(19)7-8-18-9-16-11-5-3-4-6-12(11)18/h3-6,9-10,14H,7-8H2,1-2H3,(H,17,19)(H,20,21). The van der Waals surface area contributed by atoms with E-state index in [0.717, 1.165) is 11.0 Å². The van der Waals surface area contributed by atoms with Crippen molar-refractivity contribution in [3.05, 3.63) is 30.6 Å². The van der Waals surface area contributed by atoms with Gasteiger partial charge < -0.3 is 15.0 Å². The Morgan fingerprint density at radius 1 is 1.33 bits per heavy atom. The van der Waals surface area contributed by atoms with E-state index in [9.17, 15) is 9.59 Å². The van der Waals surface area contributed by atoms with Crippen LogP contribution >= 0.6 is 0 Å². The maximum atomic E-state index is 11.9. The summed E-state index contributed by atoms with van der Waals surface area (Å²) in [4.78, 5) is 27.2. The minimum atomic E-state index is -1.01. The molecule has 1 unspecified atom stereocenters. The number of aliphatic carboxylic acids is 1. The van der Waals surface area contributed by atoms with Crippen molar-refractivity contribution >= 4 is 22.9 Å². The van der Waals surface area contributed by atoms with E-state index in [0.29, 0.717) is 6.54 Å². The summed E-state index contributed by atoms with van der Waals surface area (Å²) >= 11 is 0. The molecule has 1 atom stereocenters. The number of hydrogen-bond donors (Lipinski definition) is 2. The minimum absolute atomic E-state index is 0.152. The Labute approximate surface area is 122 Å². The number of imidazole rings is 1. The van der Waals surface area contributed by atoms with Gasteiger partial charge in [-0.3, -0.25) is 4.79 Å². The largest absolute Gasteiger partial charge is 0.480 e. The Kier molecular flexibility index (Phi) is 4.57. The second-order valence-corrected chi connectivity index (χ2v) is 5.30. The van der Waals surface area contributed by atoms with Crippen molar-refractivity contribution in [2.45, 2.75) is 32.9 Å². The Hall–Kier alpha value is -2.37. The number of carbonyl (C=O) groups excluding carboxylic acids is 1. The lowest BCUT2D eigenvalue weighted by atomic mass is 10.0. The number of carboxylic acid groups (broad SMARTS) is 1. The van der Waals surface area contributed by atoms with Gasteiger partial charge >= 0.3 is 5.97 Å². The molecule has 1 aromatic heterocycles. The van der Waals surface area contributed by atoms with Gasteiger partial charge in [-0.15, -0.1) is 0 Å². The monoisotopic (exact) mass is 289 g/mol. The summed E-state index contributed by atoms with van der Waals surface area (Å²) in [5.41, 5.74) is 1.84. The predicted octanol–water partition coefficient (Wildman–Crippen LogP) is 1.65. The van der Waals surface area contributed by atoms with Crippen LogP contribution < -0.4 is 5.32 Å². The summed E-state index contributed by atoms with van der Waals surface area (Å²) < 4.78 is 1.89. The van der Waals surface area contributed by atoms with Crippen molar-refractivity contribution in [2.75, 3.05) is 0 Å². The Bertz CT molecular complexity index is 648. The van der Waals surface area contributed by atoms with E-state index in [1.165, 1.54) is 0 Å². The van der Waals surface area contributed by atoms with Gasteiger partial charge in [-0.1, -0.05) is 26.0 Å². The van der Waals surface area contributed by atoms with Crippen LogP contribution in [-0.4, -0.2) is 32.6 Å². The van der Waals surface area contributed by atoms with Crippen molar-refractivity contribution in [3.8, 4) is 0 Å². The molecule has 0 saturated heterocycles. The fourth-order valence-corrected chi connectivity index (χ4v) is 2.17. The average Bonchev–Trinajstić information content (AvgIpc) is 2.85. The first-order valence-corrected chi connectivity index (χ1v) is 6.91. The predicted molar refractivity (Wildman–Crippen MR) is 78.8 cm³/mol. The van der Waals surface area contributed by atoms with Gasteiger partial charge in [0.05, 0.1) is 17.4 Å². The summed E-state index contributed by atoms with van der Waals surface area (Å²) in [6, 6.07) is 6.82. The first-order valence-electron chi connectivity index (χ1n) is 6.91. The molecule has 2 aromatic rings. The Morgan fingerprint density at radius 2 is 2.05 bits per heavy atom. The van der Waals surface area contributed by atoms with Crippen LogP contribution in [0.2, 0.25) is 0 Å². The highest BCUT2D eigenvalue weighted by atomic mass is 16.4. The molecule has 0 saturated carbocycles. The number of aromatic nitrogens is 2. The van der Waals surface area contributed by atoms with Gasteiger partial charge in [0.1, 0.15) is 6.04 Å². The lowest BCUT2D eigenvalue weighted by Gasteiger charge is -2.17. The van der Waals surface area contributed by atoms with Crippen LogP contribution in [0.5, 0.6) is 0 Å². The van der Waals surface area contributed by atoms with Gasteiger partial charge in [0.25, 0.3) is 0 Å². The zero-order valence-corrected chi connectivity index (χ0v) is 12.1. The van der Waals surface area contributed by atoms with E-state index in [1.54, 1.807) is 20.2 Å². The number of carboxylic acids is 1. The van der Waals surface area contributed by atoms with E-state index >= 15 is 0 Å². The summed E-state index contributed by atoms with van der Waals surface area (Å²) in [6.07, 6.45) is 1.91. The summed E-state index contributed by atoms with van der Waals surface area (Å²) in [5.74, 6) is -1.43. The van der Waals surface area contributed by atoms with E-state index in [4.69, 9.17) is 5.11 Å². The van der Waals surface area contributed by atoms with Crippen LogP contribution in [0.1, 0.15) is 20.3 Å². The molecular weight excluding hydrogens is 270 g/mol. The third kappa shape index (κ3) is 3.59. The molecule has 1 amide bonds. The number of fused-ring (bicyclic) bond motifs is 1. The van der Waals surface area contributed by atoms with Crippen molar-refractivity contribution < 1.29 is 14.7 Å². The van der Waals surface area contributed by atoms with Crippen molar-refractivity contribution in [2.24, 2.45) is 5.92 Å². The second kappa shape index (κ2) is 6.39. The first kappa shape index (κ1) is 15.0. The minimum Gasteiger partial charge on any atom is -0.480 e. The molecule has 0 bridgehead atoms. The number of para-hydroxylation sites is 2. The number of carbonyl (C=O) groups is 2. The van der Waals surface area contributed by atoms with Crippen molar-refractivity contribution in [3.63, 3.8) is 0 Å². The molecular formula is C15H19N3O3. The number of benzene rings is 1. The fourth-order valence-electron chi connectivity index (χ4n) is 2.17. The van der Waals surface area contributed by atoms with Gasteiger partial charge in [0, 0.05) is 13.0 Å². The quantitative estimate of drug-likeness (QED) is 0.847. The zero-order chi connectivity index (χ0) is 15.4. The van der Waals surface area contributed by atoms with E-state index < -0.39 is 12.0 Å².